The monoisotopic (exact) mass is 323 g/mol. The summed E-state index contributed by atoms with van der Waals surface area (Å²) in [5.41, 5.74) is 3.01. The third-order valence-electron chi connectivity index (χ3n) is 4.08. The molecule has 0 spiro atoms. The molecule has 24 heavy (non-hydrogen) atoms. The van der Waals surface area contributed by atoms with E-state index in [1.165, 1.54) is 0 Å². The van der Waals surface area contributed by atoms with Crippen molar-refractivity contribution in [1.29, 1.82) is 0 Å². The van der Waals surface area contributed by atoms with Crippen molar-refractivity contribution in [3.8, 4) is 17.3 Å². The van der Waals surface area contributed by atoms with Crippen molar-refractivity contribution in [2.75, 3.05) is 13.7 Å². The van der Waals surface area contributed by atoms with Gasteiger partial charge in [-0.2, -0.15) is 0 Å². The van der Waals surface area contributed by atoms with Gasteiger partial charge in [0, 0.05) is 30.6 Å². The van der Waals surface area contributed by atoms with E-state index in [0.29, 0.717) is 30.8 Å². The van der Waals surface area contributed by atoms with Crippen LogP contribution < -0.4 is 4.74 Å². The second kappa shape index (κ2) is 6.37. The minimum Gasteiger partial charge on any atom is -0.481 e. The average Bonchev–Trinajstić information content (AvgIpc) is 3.10. The van der Waals surface area contributed by atoms with Crippen LogP contribution in [0.2, 0.25) is 0 Å². The van der Waals surface area contributed by atoms with Crippen LogP contribution in [0.25, 0.3) is 11.5 Å². The quantitative estimate of drug-likeness (QED) is 0.727. The molecule has 7 nitrogen and oxygen atoms in total. The number of methoxy groups -OCH3 is 1. The minimum atomic E-state index is 0.545. The van der Waals surface area contributed by atoms with E-state index in [0.717, 1.165) is 29.8 Å². The van der Waals surface area contributed by atoms with Crippen LogP contribution in [0.3, 0.4) is 0 Å². The molecule has 7 heteroatoms. The molecule has 0 atom stereocenters. The lowest BCUT2D eigenvalue weighted by atomic mass is 10.1. The molecule has 0 N–H and O–H groups in total. The summed E-state index contributed by atoms with van der Waals surface area (Å²) >= 11 is 0. The minimum absolute atomic E-state index is 0.545. The maximum atomic E-state index is 5.79. The first kappa shape index (κ1) is 14.8. The Balaban J connectivity index is 1.50. The van der Waals surface area contributed by atoms with Gasteiger partial charge in [-0.3, -0.25) is 4.90 Å². The molecule has 0 radical (unpaired) electrons. The highest BCUT2D eigenvalue weighted by Gasteiger charge is 2.23. The molecule has 1 aliphatic rings. The highest BCUT2D eigenvalue weighted by atomic mass is 16.5. The smallest absolute Gasteiger partial charge is 0.247 e. The summed E-state index contributed by atoms with van der Waals surface area (Å²) < 4.78 is 11.1. The summed E-state index contributed by atoms with van der Waals surface area (Å²) in [6.07, 6.45) is 2.41. The van der Waals surface area contributed by atoms with Crippen molar-refractivity contribution in [3.63, 3.8) is 0 Å². The highest BCUT2D eigenvalue weighted by Crippen LogP contribution is 2.25. The van der Waals surface area contributed by atoms with Gasteiger partial charge in [-0.05, 0) is 12.1 Å². The van der Waals surface area contributed by atoms with Crippen LogP contribution in [-0.2, 0) is 19.5 Å². The molecule has 0 bridgehead atoms. The van der Waals surface area contributed by atoms with Crippen molar-refractivity contribution in [1.82, 2.24) is 25.1 Å². The first-order chi connectivity index (χ1) is 11.8. The Labute approximate surface area is 139 Å². The van der Waals surface area contributed by atoms with Crippen LogP contribution in [0, 0.1) is 0 Å². The number of aromatic nitrogens is 4. The molecule has 3 aromatic rings. The molecular weight excluding hydrogens is 306 g/mol. The SMILES string of the molecule is COc1ncnc2c1CN(Cc1nnc(-c3ccccc3)o1)CC2. The van der Waals surface area contributed by atoms with E-state index < -0.39 is 0 Å². The molecular formula is C17H17N5O2. The Morgan fingerprint density at radius 2 is 2.04 bits per heavy atom. The second-order valence-electron chi connectivity index (χ2n) is 5.64. The van der Waals surface area contributed by atoms with Gasteiger partial charge in [-0.1, -0.05) is 18.2 Å². The molecule has 0 saturated carbocycles. The van der Waals surface area contributed by atoms with Gasteiger partial charge in [0.05, 0.1) is 19.3 Å². The van der Waals surface area contributed by atoms with E-state index in [-0.39, 0.29) is 0 Å². The fourth-order valence-electron chi connectivity index (χ4n) is 2.89. The Morgan fingerprint density at radius 1 is 1.17 bits per heavy atom. The van der Waals surface area contributed by atoms with E-state index in [2.05, 4.69) is 25.1 Å². The number of hydrogen-bond donors (Lipinski definition) is 0. The molecule has 2 aromatic heterocycles. The van der Waals surface area contributed by atoms with E-state index in [1.807, 2.05) is 30.3 Å². The van der Waals surface area contributed by atoms with Crippen LogP contribution in [0.1, 0.15) is 17.1 Å². The first-order valence-corrected chi connectivity index (χ1v) is 7.80. The fraction of sp³-hybridized carbons (Fsp3) is 0.294. The van der Waals surface area contributed by atoms with Crippen LogP contribution in [0.5, 0.6) is 5.88 Å². The predicted octanol–water partition coefficient (Wildman–Crippen LogP) is 2.09. The molecule has 0 aliphatic carbocycles. The third kappa shape index (κ3) is 2.85. The summed E-state index contributed by atoms with van der Waals surface area (Å²) in [6, 6.07) is 9.77. The number of benzene rings is 1. The van der Waals surface area contributed by atoms with Crippen LogP contribution in [-0.4, -0.2) is 38.7 Å². The number of fused-ring (bicyclic) bond motifs is 1. The van der Waals surface area contributed by atoms with Crippen molar-refractivity contribution in [3.05, 3.63) is 53.8 Å². The largest absolute Gasteiger partial charge is 0.481 e. The lowest BCUT2D eigenvalue weighted by Crippen LogP contribution is -2.31. The maximum Gasteiger partial charge on any atom is 0.247 e. The van der Waals surface area contributed by atoms with Crippen LogP contribution in [0.4, 0.5) is 0 Å². The van der Waals surface area contributed by atoms with Crippen molar-refractivity contribution in [2.45, 2.75) is 19.5 Å². The van der Waals surface area contributed by atoms with Gasteiger partial charge >= 0.3 is 0 Å². The number of ether oxygens (including phenoxy) is 1. The second-order valence-corrected chi connectivity index (χ2v) is 5.64. The number of hydrogen-bond acceptors (Lipinski definition) is 7. The molecule has 122 valence electrons. The summed E-state index contributed by atoms with van der Waals surface area (Å²) in [4.78, 5) is 10.8. The Morgan fingerprint density at radius 3 is 2.88 bits per heavy atom. The number of nitrogens with zero attached hydrogens (tertiary/aromatic N) is 5. The zero-order chi connectivity index (χ0) is 16.4. The standard InChI is InChI=1S/C17H17N5O2/c1-23-17-13-9-22(8-7-14(13)18-11-19-17)10-15-20-21-16(24-15)12-5-3-2-4-6-12/h2-6,11H,7-10H2,1H3. The van der Waals surface area contributed by atoms with Gasteiger partial charge in [0.2, 0.25) is 17.7 Å². The normalized spacial score (nSPS) is 14.4. The van der Waals surface area contributed by atoms with Crippen LogP contribution >= 0.6 is 0 Å². The Kier molecular flexibility index (Phi) is 3.92. The van der Waals surface area contributed by atoms with E-state index in [9.17, 15) is 0 Å². The van der Waals surface area contributed by atoms with E-state index in [1.54, 1.807) is 13.4 Å². The topological polar surface area (TPSA) is 77.2 Å². The molecule has 0 saturated heterocycles. The van der Waals surface area contributed by atoms with Crippen LogP contribution in [0.15, 0.2) is 41.1 Å². The molecule has 0 amide bonds. The Hall–Kier alpha value is -2.80. The summed E-state index contributed by atoms with van der Waals surface area (Å²) in [7, 11) is 1.63. The highest BCUT2D eigenvalue weighted by molar-refractivity contribution is 5.51. The summed E-state index contributed by atoms with van der Waals surface area (Å²) in [5, 5.41) is 8.30. The maximum absolute atomic E-state index is 5.79. The third-order valence-corrected chi connectivity index (χ3v) is 4.08. The number of rotatable bonds is 4. The zero-order valence-corrected chi connectivity index (χ0v) is 13.3. The molecule has 1 aromatic carbocycles. The van der Waals surface area contributed by atoms with Crippen molar-refractivity contribution >= 4 is 0 Å². The van der Waals surface area contributed by atoms with E-state index >= 15 is 0 Å². The van der Waals surface area contributed by atoms with Gasteiger partial charge in [-0.15, -0.1) is 10.2 Å². The first-order valence-electron chi connectivity index (χ1n) is 7.80. The molecule has 1 aliphatic heterocycles. The fourth-order valence-corrected chi connectivity index (χ4v) is 2.89. The van der Waals surface area contributed by atoms with Gasteiger partial charge in [0.15, 0.2) is 0 Å². The predicted molar refractivity (Wildman–Crippen MR) is 86.1 cm³/mol. The lowest BCUT2D eigenvalue weighted by molar-refractivity contribution is 0.214. The molecule has 4 rings (SSSR count). The molecule has 0 fully saturated rings. The van der Waals surface area contributed by atoms with Gasteiger partial charge in [0.1, 0.15) is 6.33 Å². The van der Waals surface area contributed by atoms with Crippen molar-refractivity contribution < 1.29 is 9.15 Å². The summed E-state index contributed by atoms with van der Waals surface area (Å²) in [6.45, 7) is 2.19. The lowest BCUT2D eigenvalue weighted by Gasteiger charge is -2.27. The van der Waals surface area contributed by atoms with Gasteiger partial charge in [-0.25, -0.2) is 9.97 Å². The Bertz CT molecular complexity index is 820. The van der Waals surface area contributed by atoms with Gasteiger partial charge < -0.3 is 9.15 Å². The van der Waals surface area contributed by atoms with Gasteiger partial charge in [0.25, 0.3) is 0 Å². The van der Waals surface area contributed by atoms with E-state index in [4.69, 9.17) is 9.15 Å². The van der Waals surface area contributed by atoms with Crippen molar-refractivity contribution in [2.24, 2.45) is 0 Å². The zero-order valence-electron chi connectivity index (χ0n) is 13.3. The molecule has 0 unspecified atom stereocenters. The molecule has 3 heterocycles. The average molecular weight is 323 g/mol. The summed E-state index contributed by atoms with van der Waals surface area (Å²) in [5.74, 6) is 1.79.